The summed E-state index contributed by atoms with van der Waals surface area (Å²) in [6.45, 7) is 2.74. The van der Waals surface area contributed by atoms with Crippen LogP contribution in [0.25, 0.3) is 0 Å². The van der Waals surface area contributed by atoms with Crippen molar-refractivity contribution in [2.24, 2.45) is 4.99 Å². The van der Waals surface area contributed by atoms with Crippen LogP contribution < -0.4 is 5.32 Å². The van der Waals surface area contributed by atoms with Gasteiger partial charge in [0.05, 0.1) is 42.6 Å². The molecular weight excluding hydrogens is 380 g/mol. The molecule has 8 heteroatoms. The van der Waals surface area contributed by atoms with Gasteiger partial charge in [-0.25, -0.2) is 8.78 Å². The number of nitrogens with one attached hydrogen (secondary N) is 1. The predicted octanol–water partition coefficient (Wildman–Crippen LogP) is 2.31. The number of halogens is 2. The molecule has 0 saturated carbocycles. The van der Waals surface area contributed by atoms with Crippen molar-refractivity contribution in [2.75, 3.05) is 0 Å². The third-order valence-electron chi connectivity index (χ3n) is 4.75. The van der Waals surface area contributed by atoms with E-state index in [9.17, 15) is 23.8 Å². The summed E-state index contributed by atoms with van der Waals surface area (Å²) in [5, 5.41) is 22.9. The minimum absolute atomic E-state index is 0.0649. The van der Waals surface area contributed by atoms with E-state index >= 15 is 0 Å². The number of hydrogen-bond donors (Lipinski definition) is 3. The number of carbonyl (C=O) groups excluding carboxylic acids is 1. The molecule has 1 aromatic carbocycles. The van der Waals surface area contributed by atoms with Gasteiger partial charge in [-0.3, -0.25) is 14.8 Å². The summed E-state index contributed by atoms with van der Waals surface area (Å²) in [4.78, 5) is 20.7. The molecule has 1 aromatic heterocycles. The summed E-state index contributed by atoms with van der Waals surface area (Å²) < 4.78 is 26.3. The average molecular weight is 403 g/mol. The minimum atomic E-state index is -2.75. The van der Waals surface area contributed by atoms with Crippen LogP contribution in [0.2, 0.25) is 0 Å². The number of nitrogens with zero attached hydrogens (tertiary/aromatic N) is 2. The number of carbonyl (C=O) groups is 1. The molecule has 0 radical (unpaired) electrons. The quantitative estimate of drug-likeness (QED) is 0.661. The SMILES string of the molecule is CC(C)(O)[C@@H](NC(=O)Cc1cc2c(c(CO)n1)C(C(F)F)=NC2)c1ccccc1. The molecule has 0 bridgehead atoms. The van der Waals surface area contributed by atoms with E-state index in [0.29, 0.717) is 11.3 Å². The van der Waals surface area contributed by atoms with Gasteiger partial charge in [0, 0.05) is 5.56 Å². The van der Waals surface area contributed by atoms with Gasteiger partial charge < -0.3 is 15.5 Å². The van der Waals surface area contributed by atoms with Gasteiger partial charge in [-0.2, -0.15) is 0 Å². The smallest absolute Gasteiger partial charge is 0.280 e. The number of pyridine rings is 1. The average Bonchev–Trinajstić information content (AvgIpc) is 3.09. The highest BCUT2D eigenvalue weighted by Crippen LogP contribution is 2.27. The second kappa shape index (κ2) is 8.34. The van der Waals surface area contributed by atoms with Crippen LogP contribution in [0, 0.1) is 0 Å². The second-order valence-electron chi connectivity index (χ2n) is 7.50. The van der Waals surface area contributed by atoms with E-state index in [1.54, 1.807) is 19.9 Å². The van der Waals surface area contributed by atoms with Gasteiger partial charge >= 0.3 is 0 Å². The fourth-order valence-corrected chi connectivity index (χ4v) is 3.48. The number of hydrogen-bond acceptors (Lipinski definition) is 5. The molecule has 154 valence electrons. The van der Waals surface area contributed by atoms with Gasteiger partial charge in [-0.05, 0) is 31.0 Å². The number of fused-ring (bicyclic) bond motifs is 1. The third kappa shape index (κ3) is 4.65. The van der Waals surface area contributed by atoms with Crippen molar-refractivity contribution >= 4 is 11.6 Å². The molecule has 2 aromatic rings. The molecule has 29 heavy (non-hydrogen) atoms. The Morgan fingerprint density at radius 1 is 1.28 bits per heavy atom. The number of aliphatic hydroxyl groups is 2. The van der Waals surface area contributed by atoms with Gasteiger partial charge in [0.1, 0.15) is 5.71 Å². The second-order valence-corrected chi connectivity index (χ2v) is 7.50. The van der Waals surface area contributed by atoms with Crippen molar-refractivity contribution in [3.8, 4) is 0 Å². The Bertz CT molecular complexity index is 925. The van der Waals surface area contributed by atoms with Crippen LogP contribution in [-0.2, 0) is 24.4 Å². The van der Waals surface area contributed by atoms with E-state index in [1.165, 1.54) is 0 Å². The predicted molar refractivity (Wildman–Crippen MR) is 104 cm³/mol. The fraction of sp³-hybridized carbons (Fsp3) is 0.381. The Morgan fingerprint density at radius 2 is 1.97 bits per heavy atom. The maximum Gasteiger partial charge on any atom is 0.280 e. The Balaban J connectivity index is 1.81. The molecule has 2 heterocycles. The number of aliphatic imine (C=N–C) groups is 1. The van der Waals surface area contributed by atoms with Crippen molar-refractivity contribution in [1.29, 1.82) is 0 Å². The van der Waals surface area contributed by atoms with Crippen LogP contribution >= 0.6 is 0 Å². The summed E-state index contributed by atoms with van der Waals surface area (Å²) in [5.41, 5.74) is 0.288. The van der Waals surface area contributed by atoms with Crippen LogP contribution in [0.5, 0.6) is 0 Å². The number of aromatic nitrogens is 1. The molecule has 1 aliphatic heterocycles. The molecule has 0 unspecified atom stereocenters. The zero-order valence-corrected chi connectivity index (χ0v) is 16.2. The Hall–Kier alpha value is -2.71. The van der Waals surface area contributed by atoms with Crippen LogP contribution in [0.3, 0.4) is 0 Å². The molecule has 1 atom stereocenters. The minimum Gasteiger partial charge on any atom is -0.390 e. The monoisotopic (exact) mass is 403 g/mol. The Kier molecular flexibility index (Phi) is 6.04. The lowest BCUT2D eigenvalue weighted by Gasteiger charge is -2.30. The first-order chi connectivity index (χ1) is 13.7. The van der Waals surface area contributed by atoms with Crippen molar-refractivity contribution in [3.05, 3.63) is 64.5 Å². The van der Waals surface area contributed by atoms with Gasteiger partial charge in [0.15, 0.2) is 0 Å². The van der Waals surface area contributed by atoms with E-state index < -0.39 is 24.7 Å². The normalized spacial score (nSPS) is 14.5. The molecule has 6 nitrogen and oxygen atoms in total. The van der Waals surface area contributed by atoms with Crippen molar-refractivity contribution in [1.82, 2.24) is 10.3 Å². The maximum absolute atomic E-state index is 13.1. The van der Waals surface area contributed by atoms with E-state index in [1.807, 2.05) is 30.3 Å². The first kappa shape index (κ1) is 21.0. The highest BCUT2D eigenvalue weighted by molar-refractivity contribution is 6.06. The van der Waals surface area contributed by atoms with Crippen LogP contribution in [0.4, 0.5) is 8.78 Å². The number of amides is 1. The molecule has 3 N–H and O–H groups in total. The van der Waals surface area contributed by atoms with E-state index in [4.69, 9.17) is 0 Å². The first-order valence-electron chi connectivity index (χ1n) is 9.22. The third-order valence-corrected chi connectivity index (χ3v) is 4.75. The van der Waals surface area contributed by atoms with Crippen molar-refractivity contribution in [3.63, 3.8) is 0 Å². The summed E-state index contributed by atoms with van der Waals surface area (Å²) in [6, 6.07) is 10.0. The number of benzene rings is 1. The zero-order chi connectivity index (χ0) is 21.2. The summed E-state index contributed by atoms with van der Waals surface area (Å²) in [7, 11) is 0. The van der Waals surface area contributed by atoms with Crippen LogP contribution in [-0.4, -0.2) is 38.8 Å². The molecular formula is C21H23F2N3O3. The van der Waals surface area contributed by atoms with E-state index in [0.717, 1.165) is 5.56 Å². The van der Waals surface area contributed by atoms with Gasteiger partial charge in [0.25, 0.3) is 6.43 Å². The first-order valence-corrected chi connectivity index (χ1v) is 9.22. The summed E-state index contributed by atoms with van der Waals surface area (Å²) >= 11 is 0. The number of aliphatic hydroxyl groups excluding tert-OH is 1. The molecule has 0 aliphatic carbocycles. The fourth-order valence-electron chi connectivity index (χ4n) is 3.48. The van der Waals surface area contributed by atoms with Gasteiger partial charge in [-0.1, -0.05) is 30.3 Å². The number of rotatable bonds is 7. The molecule has 1 aliphatic rings. The maximum atomic E-state index is 13.1. The molecule has 3 rings (SSSR count). The van der Waals surface area contributed by atoms with Gasteiger partial charge in [0.2, 0.25) is 5.91 Å². The number of alkyl halides is 2. The molecule has 1 amide bonds. The lowest BCUT2D eigenvalue weighted by Crippen LogP contribution is -2.42. The lowest BCUT2D eigenvalue weighted by atomic mass is 9.91. The van der Waals surface area contributed by atoms with Crippen molar-refractivity contribution < 1.29 is 23.8 Å². The molecule has 0 spiro atoms. The van der Waals surface area contributed by atoms with E-state index in [-0.39, 0.29) is 35.8 Å². The zero-order valence-electron chi connectivity index (χ0n) is 16.2. The topological polar surface area (TPSA) is 94.8 Å². The van der Waals surface area contributed by atoms with E-state index in [2.05, 4.69) is 15.3 Å². The van der Waals surface area contributed by atoms with Gasteiger partial charge in [-0.15, -0.1) is 0 Å². The molecule has 0 fully saturated rings. The highest BCUT2D eigenvalue weighted by atomic mass is 19.3. The van der Waals surface area contributed by atoms with Crippen LogP contribution in [0.15, 0.2) is 41.4 Å². The highest BCUT2D eigenvalue weighted by Gasteiger charge is 2.31. The molecule has 0 saturated heterocycles. The Morgan fingerprint density at radius 3 is 2.55 bits per heavy atom. The largest absolute Gasteiger partial charge is 0.390 e. The standard InChI is InChI=1S/C21H23F2N3O3/c1-21(2,29)19(12-6-4-3-5-7-12)26-16(28)9-14-8-13-10-24-18(20(22)23)17(13)15(11-27)25-14/h3-8,19-20,27,29H,9-11H2,1-2H3,(H,26,28)/t19-/m0/s1. The Labute approximate surface area is 167 Å². The lowest BCUT2D eigenvalue weighted by molar-refractivity contribution is -0.123. The summed E-state index contributed by atoms with van der Waals surface area (Å²) in [5.74, 6) is -0.384. The van der Waals surface area contributed by atoms with Crippen LogP contribution in [0.1, 0.15) is 48.0 Å². The van der Waals surface area contributed by atoms with Crippen molar-refractivity contribution in [2.45, 2.75) is 51.5 Å². The summed E-state index contributed by atoms with van der Waals surface area (Å²) in [6.07, 6.45) is -2.88.